The van der Waals surface area contributed by atoms with Gasteiger partial charge in [-0.25, -0.2) is 4.98 Å². The molecule has 0 aliphatic heterocycles. The molecule has 6 heteroatoms. The van der Waals surface area contributed by atoms with Crippen molar-refractivity contribution in [3.63, 3.8) is 0 Å². The first-order valence-electron chi connectivity index (χ1n) is 6.60. The number of amides is 1. The summed E-state index contributed by atoms with van der Waals surface area (Å²) in [6.07, 6.45) is 0. The molecule has 1 amide bonds. The molecule has 3 N–H and O–H groups in total. The van der Waals surface area contributed by atoms with Crippen LogP contribution in [0.25, 0.3) is 0 Å². The molecule has 0 aliphatic rings. The number of nitrogens with zero attached hydrogens (tertiary/aromatic N) is 1. The van der Waals surface area contributed by atoms with E-state index in [1.54, 1.807) is 36.6 Å². The molecule has 21 heavy (non-hydrogen) atoms. The Hall–Kier alpha value is -2.08. The van der Waals surface area contributed by atoms with Crippen LogP contribution in [0, 0.1) is 13.8 Å². The van der Waals surface area contributed by atoms with Gasteiger partial charge >= 0.3 is 0 Å². The molecule has 112 valence electrons. The first-order valence-corrected chi connectivity index (χ1v) is 7.42. The Kier molecular flexibility index (Phi) is 4.47. The molecule has 0 fully saturated rings. The van der Waals surface area contributed by atoms with E-state index in [1.165, 1.54) is 4.88 Å². The van der Waals surface area contributed by atoms with E-state index in [0.29, 0.717) is 11.3 Å². The van der Waals surface area contributed by atoms with Crippen LogP contribution in [-0.2, 0) is 0 Å². The highest BCUT2D eigenvalue weighted by atomic mass is 32.1. The minimum absolute atomic E-state index is 0.00646. The minimum Gasteiger partial charge on any atom is -0.495 e. The van der Waals surface area contributed by atoms with E-state index in [9.17, 15) is 4.79 Å². The first-order chi connectivity index (χ1) is 9.92. The fourth-order valence-electron chi connectivity index (χ4n) is 2.22. The highest BCUT2D eigenvalue weighted by molar-refractivity contribution is 7.11. The van der Waals surface area contributed by atoms with E-state index in [-0.39, 0.29) is 6.04 Å². The molecule has 2 aromatic rings. The molecule has 1 unspecified atom stereocenters. The quantitative estimate of drug-likeness (QED) is 0.890. The van der Waals surface area contributed by atoms with E-state index in [4.69, 9.17) is 10.5 Å². The predicted octanol–water partition coefficient (Wildman–Crippen LogP) is 3.04. The Balaban J connectivity index is 2.31. The number of rotatable bonds is 5. The SMILES string of the molecule is COc1ccc(C(N)=O)cc1NC(C)c1nc(C)sc1C. The molecular weight excluding hydrogens is 286 g/mol. The van der Waals surface area contributed by atoms with Crippen molar-refractivity contribution in [2.75, 3.05) is 12.4 Å². The van der Waals surface area contributed by atoms with Crippen LogP contribution in [0.1, 0.15) is 38.9 Å². The number of benzene rings is 1. The van der Waals surface area contributed by atoms with Gasteiger partial charge in [-0.15, -0.1) is 11.3 Å². The van der Waals surface area contributed by atoms with Crippen LogP contribution < -0.4 is 15.8 Å². The number of primary amides is 1. The molecule has 0 aliphatic carbocycles. The Morgan fingerprint density at radius 3 is 2.67 bits per heavy atom. The maximum absolute atomic E-state index is 11.3. The number of nitrogens with two attached hydrogens (primary N) is 1. The third-order valence-electron chi connectivity index (χ3n) is 3.21. The summed E-state index contributed by atoms with van der Waals surface area (Å²) < 4.78 is 5.32. The Labute approximate surface area is 128 Å². The molecule has 1 aromatic carbocycles. The van der Waals surface area contributed by atoms with Crippen molar-refractivity contribution in [1.29, 1.82) is 0 Å². The van der Waals surface area contributed by atoms with Gasteiger partial charge in [0.25, 0.3) is 0 Å². The lowest BCUT2D eigenvalue weighted by Gasteiger charge is -2.17. The summed E-state index contributed by atoms with van der Waals surface area (Å²) in [5, 5.41) is 4.37. The average Bonchev–Trinajstić information content (AvgIpc) is 2.77. The number of thiazole rings is 1. The second-order valence-corrected chi connectivity index (χ2v) is 6.23. The van der Waals surface area contributed by atoms with E-state index < -0.39 is 5.91 Å². The molecule has 1 heterocycles. The zero-order valence-corrected chi connectivity index (χ0v) is 13.4. The van der Waals surface area contributed by atoms with E-state index in [2.05, 4.69) is 17.2 Å². The van der Waals surface area contributed by atoms with Gasteiger partial charge < -0.3 is 15.8 Å². The van der Waals surface area contributed by atoms with E-state index in [0.717, 1.165) is 16.4 Å². The summed E-state index contributed by atoms with van der Waals surface area (Å²) in [5.74, 6) is 0.200. The molecule has 0 radical (unpaired) electrons. The molecule has 0 saturated carbocycles. The van der Waals surface area contributed by atoms with Gasteiger partial charge in [0.15, 0.2) is 0 Å². The molecule has 0 spiro atoms. The van der Waals surface area contributed by atoms with Crippen molar-refractivity contribution in [3.8, 4) is 5.75 Å². The molecule has 1 aromatic heterocycles. The van der Waals surface area contributed by atoms with Crippen LogP contribution in [0.5, 0.6) is 5.75 Å². The summed E-state index contributed by atoms with van der Waals surface area (Å²) in [7, 11) is 1.59. The largest absolute Gasteiger partial charge is 0.495 e. The molecule has 0 bridgehead atoms. The second-order valence-electron chi connectivity index (χ2n) is 4.82. The van der Waals surface area contributed by atoms with Gasteiger partial charge in [-0.1, -0.05) is 0 Å². The number of anilines is 1. The highest BCUT2D eigenvalue weighted by Crippen LogP contribution is 2.31. The Bertz CT molecular complexity index is 667. The third-order valence-corrected chi connectivity index (χ3v) is 4.11. The first kappa shape index (κ1) is 15.3. The lowest BCUT2D eigenvalue weighted by Crippen LogP contribution is -2.13. The van der Waals surface area contributed by atoms with Gasteiger partial charge in [0.05, 0.1) is 29.5 Å². The van der Waals surface area contributed by atoms with Crippen LogP contribution in [0.15, 0.2) is 18.2 Å². The van der Waals surface area contributed by atoms with E-state index in [1.807, 2.05) is 13.8 Å². The van der Waals surface area contributed by atoms with Crippen molar-refractivity contribution in [2.24, 2.45) is 5.73 Å². The predicted molar refractivity (Wildman–Crippen MR) is 85.1 cm³/mol. The van der Waals surface area contributed by atoms with Gasteiger partial charge in [0.1, 0.15) is 5.75 Å². The van der Waals surface area contributed by atoms with Crippen molar-refractivity contribution in [2.45, 2.75) is 26.8 Å². The fraction of sp³-hybridized carbons (Fsp3) is 0.333. The number of nitrogens with one attached hydrogen (secondary N) is 1. The number of ether oxygens (including phenoxy) is 1. The molecule has 5 nitrogen and oxygen atoms in total. The number of hydrogen-bond donors (Lipinski definition) is 2. The standard InChI is InChI=1S/C15H19N3O2S/c1-8(14-9(2)21-10(3)18-14)17-12-7-11(15(16)19)5-6-13(12)20-4/h5-8,17H,1-4H3,(H2,16,19). The topological polar surface area (TPSA) is 77.2 Å². The lowest BCUT2D eigenvalue weighted by molar-refractivity contribution is 0.100. The Morgan fingerprint density at radius 1 is 1.43 bits per heavy atom. The van der Waals surface area contributed by atoms with E-state index >= 15 is 0 Å². The summed E-state index contributed by atoms with van der Waals surface area (Å²) in [6, 6.07) is 5.09. The smallest absolute Gasteiger partial charge is 0.248 e. The monoisotopic (exact) mass is 305 g/mol. The number of aromatic nitrogens is 1. The van der Waals surface area contributed by atoms with Gasteiger partial charge in [0, 0.05) is 10.4 Å². The van der Waals surface area contributed by atoms with Crippen LogP contribution in [0.2, 0.25) is 0 Å². The minimum atomic E-state index is -0.464. The zero-order chi connectivity index (χ0) is 15.6. The normalized spacial score (nSPS) is 12.0. The van der Waals surface area contributed by atoms with Gasteiger partial charge in [0.2, 0.25) is 5.91 Å². The van der Waals surface area contributed by atoms with Crippen LogP contribution in [-0.4, -0.2) is 18.0 Å². The average molecular weight is 305 g/mol. The number of methoxy groups -OCH3 is 1. The van der Waals surface area contributed by atoms with Crippen LogP contribution in [0.4, 0.5) is 5.69 Å². The summed E-state index contributed by atoms with van der Waals surface area (Å²) in [6.45, 7) is 6.06. The van der Waals surface area contributed by atoms with Crippen LogP contribution >= 0.6 is 11.3 Å². The van der Waals surface area contributed by atoms with Crippen molar-refractivity contribution in [1.82, 2.24) is 4.98 Å². The number of hydrogen-bond acceptors (Lipinski definition) is 5. The van der Waals surface area contributed by atoms with Crippen LogP contribution in [0.3, 0.4) is 0 Å². The van der Waals surface area contributed by atoms with Gasteiger partial charge in [-0.3, -0.25) is 4.79 Å². The summed E-state index contributed by atoms with van der Waals surface area (Å²) in [4.78, 5) is 17.0. The molecule has 0 saturated heterocycles. The summed E-state index contributed by atoms with van der Waals surface area (Å²) >= 11 is 1.67. The number of aryl methyl sites for hydroxylation is 2. The molecule has 1 atom stereocenters. The van der Waals surface area contributed by atoms with Crippen molar-refractivity contribution >= 4 is 22.9 Å². The van der Waals surface area contributed by atoms with Gasteiger partial charge in [-0.2, -0.15) is 0 Å². The zero-order valence-electron chi connectivity index (χ0n) is 12.6. The third kappa shape index (κ3) is 3.33. The lowest BCUT2D eigenvalue weighted by atomic mass is 10.1. The Morgan fingerprint density at radius 2 is 2.14 bits per heavy atom. The molecule has 2 rings (SSSR count). The summed E-state index contributed by atoms with van der Waals surface area (Å²) in [5.41, 5.74) is 7.50. The highest BCUT2D eigenvalue weighted by Gasteiger charge is 2.16. The van der Waals surface area contributed by atoms with Crippen molar-refractivity contribution < 1.29 is 9.53 Å². The van der Waals surface area contributed by atoms with Crippen molar-refractivity contribution in [3.05, 3.63) is 39.3 Å². The molecular formula is C15H19N3O2S. The maximum atomic E-state index is 11.3. The maximum Gasteiger partial charge on any atom is 0.248 e. The van der Waals surface area contributed by atoms with Gasteiger partial charge in [-0.05, 0) is 39.0 Å². The second kappa shape index (κ2) is 6.13. The number of carbonyl (C=O) groups excluding carboxylic acids is 1. The fourth-order valence-corrected chi connectivity index (χ4v) is 3.14. The number of carbonyl (C=O) groups is 1.